The molecule has 2 aromatic heterocycles. The highest BCUT2D eigenvalue weighted by molar-refractivity contribution is 7.13. The van der Waals surface area contributed by atoms with Gasteiger partial charge in [0.25, 0.3) is 5.56 Å². The molecule has 2 fully saturated rings. The quantitative estimate of drug-likeness (QED) is 0.865. The molecule has 5 nitrogen and oxygen atoms in total. The van der Waals surface area contributed by atoms with E-state index in [0.717, 1.165) is 49.0 Å². The third-order valence-corrected chi connectivity index (χ3v) is 5.86. The molecule has 0 atom stereocenters. The summed E-state index contributed by atoms with van der Waals surface area (Å²) < 4.78 is 1.79. The van der Waals surface area contributed by atoms with Crippen LogP contribution in [0.25, 0.3) is 0 Å². The van der Waals surface area contributed by atoms with E-state index in [2.05, 4.69) is 20.2 Å². The fraction of sp³-hybridized carbons (Fsp3) is 0.588. The van der Waals surface area contributed by atoms with Gasteiger partial charge in [0.1, 0.15) is 0 Å². The minimum atomic E-state index is 0.111. The molecule has 2 aromatic rings. The average molecular weight is 330 g/mol. The molecule has 1 aliphatic heterocycles. The Morgan fingerprint density at radius 3 is 2.65 bits per heavy atom. The molecule has 1 saturated carbocycles. The molecule has 0 spiro atoms. The third-order valence-electron chi connectivity index (χ3n) is 4.84. The molecule has 2 aliphatic rings. The maximum Gasteiger partial charge on any atom is 0.253 e. The Kier molecular flexibility index (Phi) is 3.93. The van der Waals surface area contributed by atoms with Crippen molar-refractivity contribution in [3.63, 3.8) is 0 Å². The van der Waals surface area contributed by atoms with Gasteiger partial charge >= 0.3 is 0 Å². The highest BCUT2D eigenvalue weighted by Gasteiger charge is 2.26. The maximum absolute atomic E-state index is 12.2. The minimum Gasteiger partial charge on any atom is -0.348 e. The lowest BCUT2D eigenvalue weighted by molar-refractivity contribution is 0.350. The van der Waals surface area contributed by atoms with Crippen LogP contribution in [0.1, 0.15) is 43.0 Å². The second-order valence-corrected chi connectivity index (χ2v) is 7.62. The van der Waals surface area contributed by atoms with Crippen LogP contribution in [0.3, 0.4) is 0 Å². The van der Waals surface area contributed by atoms with Gasteiger partial charge in [-0.05, 0) is 38.5 Å². The molecular formula is C17H22N4OS. The smallest absolute Gasteiger partial charge is 0.253 e. The largest absolute Gasteiger partial charge is 0.348 e. The average Bonchev–Trinajstić information content (AvgIpc) is 3.32. The normalized spacial score (nSPS) is 19.3. The molecule has 23 heavy (non-hydrogen) atoms. The number of piperidine rings is 1. The number of thiazole rings is 1. The van der Waals surface area contributed by atoms with Crippen LogP contribution >= 0.6 is 11.3 Å². The molecule has 0 amide bonds. The zero-order valence-corrected chi connectivity index (χ0v) is 14.3. The van der Waals surface area contributed by atoms with Gasteiger partial charge in [0, 0.05) is 37.0 Å². The molecule has 0 unspecified atom stereocenters. The number of hydrogen-bond donors (Lipinski definition) is 0. The lowest BCUT2D eigenvalue weighted by Gasteiger charge is -2.31. The molecule has 6 heteroatoms. The van der Waals surface area contributed by atoms with Gasteiger partial charge in [-0.15, -0.1) is 11.3 Å². The monoisotopic (exact) mass is 330 g/mol. The molecule has 3 heterocycles. The van der Waals surface area contributed by atoms with Crippen molar-refractivity contribution in [3.8, 4) is 0 Å². The van der Waals surface area contributed by atoms with Crippen LogP contribution < -0.4 is 10.5 Å². The number of hydrogen-bond acceptors (Lipinski definition) is 5. The second-order valence-electron chi connectivity index (χ2n) is 6.78. The van der Waals surface area contributed by atoms with Gasteiger partial charge in [-0.1, -0.05) is 0 Å². The summed E-state index contributed by atoms with van der Waals surface area (Å²) in [7, 11) is 0. The molecule has 0 radical (unpaired) electrons. The third kappa shape index (κ3) is 3.32. The van der Waals surface area contributed by atoms with Crippen molar-refractivity contribution in [3.05, 3.63) is 39.5 Å². The summed E-state index contributed by atoms with van der Waals surface area (Å²) in [6.07, 6.45) is 6.34. The summed E-state index contributed by atoms with van der Waals surface area (Å²) in [5.74, 6) is 1.10. The summed E-state index contributed by atoms with van der Waals surface area (Å²) >= 11 is 1.72. The van der Waals surface area contributed by atoms with Crippen molar-refractivity contribution in [2.24, 2.45) is 5.92 Å². The van der Waals surface area contributed by atoms with Gasteiger partial charge in [-0.2, -0.15) is 0 Å². The predicted molar refractivity (Wildman–Crippen MR) is 92.3 cm³/mol. The molecule has 0 bridgehead atoms. The molecule has 122 valence electrons. The topological polar surface area (TPSA) is 51.0 Å². The Morgan fingerprint density at radius 1 is 1.26 bits per heavy atom. The fourth-order valence-electron chi connectivity index (χ4n) is 3.25. The Balaban J connectivity index is 1.36. The van der Waals surface area contributed by atoms with Crippen LogP contribution in [-0.4, -0.2) is 27.6 Å². The van der Waals surface area contributed by atoms with Gasteiger partial charge in [-0.25, -0.2) is 9.97 Å². The minimum absolute atomic E-state index is 0.111. The summed E-state index contributed by atoms with van der Waals surface area (Å²) in [6, 6.07) is 1.74. The lowest BCUT2D eigenvalue weighted by atomic mass is 9.97. The van der Waals surface area contributed by atoms with Gasteiger partial charge in [-0.3, -0.25) is 9.36 Å². The number of rotatable bonds is 4. The number of anilines is 1. The standard InChI is InChI=1S/C17H22N4OS/c1-12-10-23-17(19-12)20-6-4-13(5-7-20)9-21-11-18-15(8-16(21)22)14-2-3-14/h8,10-11,13-14H,2-7,9H2,1H3. The fourth-order valence-corrected chi connectivity index (χ4v) is 4.11. The highest BCUT2D eigenvalue weighted by atomic mass is 32.1. The van der Waals surface area contributed by atoms with E-state index in [9.17, 15) is 4.79 Å². The summed E-state index contributed by atoms with van der Waals surface area (Å²) in [6.45, 7) is 4.89. The van der Waals surface area contributed by atoms with Crippen molar-refractivity contribution in [1.82, 2.24) is 14.5 Å². The van der Waals surface area contributed by atoms with E-state index in [4.69, 9.17) is 0 Å². The van der Waals surface area contributed by atoms with E-state index in [1.165, 1.54) is 12.8 Å². The number of nitrogens with zero attached hydrogens (tertiary/aromatic N) is 4. The second kappa shape index (κ2) is 6.07. The zero-order chi connectivity index (χ0) is 15.8. The van der Waals surface area contributed by atoms with Crippen LogP contribution in [0.2, 0.25) is 0 Å². The van der Waals surface area contributed by atoms with Gasteiger partial charge < -0.3 is 4.90 Å². The van der Waals surface area contributed by atoms with Gasteiger partial charge in [0.05, 0.1) is 17.7 Å². The van der Waals surface area contributed by atoms with E-state index in [1.54, 1.807) is 28.3 Å². The summed E-state index contributed by atoms with van der Waals surface area (Å²) in [4.78, 5) is 23.7. The first-order valence-corrected chi connectivity index (χ1v) is 9.30. The Morgan fingerprint density at radius 2 is 2.04 bits per heavy atom. The first-order chi connectivity index (χ1) is 11.2. The molecule has 1 saturated heterocycles. The molecule has 0 aromatic carbocycles. The van der Waals surface area contributed by atoms with Gasteiger partial charge in [0.15, 0.2) is 5.13 Å². The van der Waals surface area contributed by atoms with E-state index in [1.807, 2.05) is 6.92 Å². The first kappa shape index (κ1) is 14.9. The Bertz CT molecular complexity index is 741. The van der Waals surface area contributed by atoms with E-state index in [-0.39, 0.29) is 5.56 Å². The molecule has 0 N–H and O–H groups in total. The Labute approximate surface area is 140 Å². The van der Waals surface area contributed by atoms with Crippen LogP contribution in [0.5, 0.6) is 0 Å². The molecular weight excluding hydrogens is 308 g/mol. The van der Waals surface area contributed by atoms with E-state index >= 15 is 0 Å². The first-order valence-electron chi connectivity index (χ1n) is 8.42. The van der Waals surface area contributed by atoms with Crippen LogP contribution in [0.15, 0.2) is 22.6 Å². The summed E-state index contributed by atoms with van der Waals surface area (Å²) in [5, 5.41) is 3.24. The summed E-state index contributed by atoms with van der Waals surface area (Å²) in [5.41, 5.74) is 2.19. The zero-order valence-electron chi connectivity index (χ0n) is 13.4. The van der Waals surface area contributed by atoms with Crippen LogP contribution in [0, 0.1) is 12.8 Å². The van der Waals surface area contributed by atoms with E-state index < -0.39 is 0 Å². The highest BCUT2D eigenvalue weighted by Crippen LogP contribution is 2.38. The predicted octanol–water partition coefficient (Wildman–Crippen LogP) is 2.80. The number of aromatic nitrogens is 3. The van der Waals surface area contributed by atoms with E-state index in [0.29, 0.717) is 11.8 Å². The van der Waals surface area contributed by atoms with Crippen molar-refractivity contribution < 1.29 is 0 Å². The van der Waals surface area contributed by atoms with Crippen molar-refractivity contribution >= 4 is 16.5 Å². The molecule has 1 aliphatic carbocycles. The van der Waals surface area contributed by atoms with Crippen LogP contribution in [0.4, 0.5) is 5.13 Å². The number of aryl methyl sites for hydroxylation is 1. The van der Waals surface area contributed by atoms with Crippen molar-refractivity contribution in [2.45, 2.75) is 45.1 Å². The van der Waals surface area contributed by atoms with Gasteiger partial charge in [0.2, 0.25) is 0 Å². The van der Waals surface area contributed by atoms with Crippen molar-refractivity contribution in [2.75, 3.05) is 18.0 Å². The maximum atomic E-state index is 12.2. The van der Waals surface area contributed by atoms with Crippen molar-refractivity contribution in [1.29, 1.82) is 0 Å². The Hall–Kier alpha value is -1.69. The molecule has 4 rings (SSSR count). The lowest BCUT2D eigenvalue weighted by Crippen LogP contribution is -2.36. The SMILES string of the molecule is Cc1csc(N2CCC(Cn3cnc(C4CC4)cc3=O)CC2)n1. The van der Waals surface area contributed by atoms with Crippen LogP contribution in [-0.2, 0) is 6.54 Å².